The molecule has 0 bridgehead atoms. The first-order valence-corrected chi connectivity index (χ1v) is 8.47. The van der Waals surface area contributed by atoms with E-state index in [-0.39, 0.29) is 0 Å². The van der Waals surface area contributed by atoms with E-state index in [2.05, 4.69) is 9.98 Å². The molecule has 0 radical (unpaired) electrons. The molecule has 0 fully saturated rings. The molecular formula is C14H12F3N3S2. The van der Waals surface area contributed by atoms with Crippen molar-refractivity contribution in [3.63, 3.8) is 0 Å². The Morgan fingerprint density at radius 3 is 2.91 bits per heavy atom. The molecule has 1 aromatic heterocycles. The Balaban J connectivity index is 1.67. The van der Waals surface area contributed by atoms with Crippen LogP contribution in [0.2, 0.25) is 0 Å². The number of alkyl halides is 3. The third-order valence-electron chi connectivity index (χ3n) is 3.03. The smallest absolute Gasteiger partial charge is 0.325 e. The summed E-state index contributed by atoms with van der Waals surface area (Å²) in [4.78, 5) is 8.54. The lowest BCUT2D eigenvalue weighted by atomic mass is 10.2. The van der Waals surface area contributed by atoms with Crippen LogP contribution >= 0.6 is 23.5 Å². The lowest BCUT2D eigenvalue weighted by Crippen LogP contribution is -2.18. The summed E-state index contributed by atoms with van der Waals surface area (Å²) in [6, 6.07) is 7.88. The van der Waals surface area contributed by atoms with Crippen LogP contribution in [0.5, 0.6) is 0 Å². The third-order valence-corrected chi connectivity index (χ3v) is 5.27. The summed E-state index contributed by atoms with van der Waals surface area (Å²) in [6.07, 6.45) is -1.49. The molecule has 1 aromatic carbocycles. The van der Waals surface area contributed by atoms with Gasteiger partial charge in [-0.3, -0.25) is 0 Å². The maximum Gasteiger partial charge on any atom is 0.406 e. The van der Waals surface area contributed by atoms with Crippen LogP contribution in [-0.2, 0) is 18.1 Å². The summed E-state index contributed by atoms with van der Waals surface area (Å²) in [5.41, 5.74) is 2.11. The SMILES string of the molecule is FC(F)(F)Cn1ccnc1CSC1=Nc2ccccc2CS1. The van der Waals surface area contributed by atoms with Gasteiger partial charge in [-0.25, -0.2) is 9.98 Å². The number of thioether (sulfide) groups is 2. The van der Waals surface area contributed by atoms with Gasteiger partial charge in [-0.1, -0.05) is 41.7 Å². The molecule has 1 aliphatic rings. The number of hydrogen-bond donors (Lipinski definition) is 0. The van der Waals surface area contributed by atoms with Gasteiger partial charge in [0.1, 0.15) is 16.7 Å². The minimum absolute atomic E-state index is 0.372. The Bertz CT molecular complexity index is 695. The number of benzene rings is 1. The molecule has 0 aliphatic carbocycles. The number of hydrogen-bond acceptors (Lipinski definition) is 4. The van der Waals surface area contributed by atoms with Crippen molar-refractivity contribution in [3.8, 4) is 0 Å². The van der Waals surface area contributed by atoms with E-state index in [1.807, 2.05) is 24.3 Å². The normalized spacial score (nSPS) is 14.6. The van der Waals surface area contributed by atoms with Crippen molar-refractivity contribution in [2.45, 2.75) is 24.2 Å². The van der Waals surface area contributed by atoms with Crippen LogP contribution in [0.4, 0.5) is 18.9 Å². The summed E-state index contributed by atoms with van der Waals surface area (Å²) in [5, 5.41) is 0. The highest BCUT2D eigenvalue weighted by molar-refractivity contribution is 8.38. The minimum Gasteiger partial charge on any atom is -0.325 e. The van der Waals surface area contributed by atoms with Crippen LogP contribution in [0.25, 0.3) is 0 Å². The fourth-order valence-corrected chi connectivity index (χ4v) is 4.06. The van der Waals surface area contributed by atoms with E-state index in [0.717, 1.165) is 20.4 Å². The average molecular weight is 343 g/mol. The molecule has 0 atom stereocenters. The van der Waals surface area contributed by atoms with E-state index in [1.54, 1.807) is 11.8 Å². The largest absolute Gasteiger partial charge is 0.406 e. The second kappa shape index (κ2) is 6.37. The highest BCUT2D eigenvalue weighted by Crippen LogP contribution is 2.35. The minimum atomic E-state index is -4.24. The van der Waals surface area contributed by atoms with E-state index in [1.165, 1.54) is 29.7 Å². The van der Waals surface area contributed by atoms with E-state index in [9.17, 15) is 13.2 Å². The molecule has 2 heterocycles. The zero-order valence-corrected chi connectivity index (χ0v) is 13.0. The lowest BCUT2D eigenvalue weighted by molar-refractivity contribution is -0.140. The van der Waals surface area contributed by atoms with Crippen molar-refractivity contribution in [2.75, 3.05) is 0 Å². The summed E-state index contributed by atoms with van der Waals surface area (Å²) in [5.74, 6) is 1.61. The maximum atomic E-state index is 12.5. The zero-order valence-electron chi connectivity index (χ0n) is 11.4. The topological polar surface area (TPSA) is 30.2 Å². The van der Waals surface area contributed by atoms with E-state index >= 15 is 0 Å². The number of rotatable bonds is 3. The second-order valence-electron chi connectivity index (χ2n) is 4.67. The Hall–Kier alpha value is -1.41. The Morgan fingerprint density at radius 2 is 2.09 bits per heavy atom. The number of halogens is 3. The number of aliphatic imine (C=N–C) groups is 1. The molecule has 0 amide bonds. The molecule has 0 saturated heterocycles. The number of aromatic nitrogens is 2. The third kappa shape index (κ3) is 3.86. The van der Waals surface area contributed by atoms with Crippen LogP contribution in [-0.4, -0.2) is 20.1 Å². The van der Waals surface area contributed by atoms with Crippen molar-refractivity contribution in [3.05, 3.63) is 48.0 Å². The summed E-state index contributed by atoms with van der Waals surface area (Å²) in [6.45, 7) is -1.01. The van der Waals surface area contributed by atoms with E-state index in [4.69, 9.17) is 0 Å². The predicted molar refractivity (Wildman–Crippen MR) is 84.4 cm³/mol. The van der Waals surface area contributed by atoms with Crippen LogP contribution in [0.15, 0.2) is 41.7 Å². The van der Waals surface area contributed by atoms with E-state index in [0.29, 0.717) is 11.6 Å². The van der Waals surface area contributed by atoms with Crippen molar-refractivity contribution in [1.82, 2.24) is 9.55 Å². The first kappa shape index (κ1) is 15.5. The number of nitrogens with zero attached hydrogens (tertiary/aromatic N) is 3. The van der Waals surface area contributed by atoms with Crippen molar-refractivity contribution >= 4 is 33.6 Å². The number of imidazole rings is 1. The Kier molecular flexibility index (Phi) is 4.49. The number of fused-ring (bicyclic) bond motifs is 1. The summed E-state index contributed by atoms with van der Waals surface area (Å²) < 4.78 is 39.4. The highest BCUT2D eigenvalue weighted by atomic mass is 32.2. The summed E-state index contributed by atoms with van der Waals surface area (Å²) >= 11 is 3.02. The first-order chi connectivity index (χ1) is 10.5. The van der Waals surface area contributed by atoms with Crippen LogP contribution < -0.4 is 0 Å². The predicted octanol–water partition coefficient (Wildman–Crippen LogP) is 4.61. The van der Waals surface area contributed by atoms with Crippen molar-refractivity contribution in [2.24, 2.45) is 4.99 Å². The number of para-hydroxylation sites is 1. The molecule has 0 saturated carbocycles. The standard InChI is InChI=1S/C14H12F3N3S2/c15-14(16,17)9-20-6-5-18-12(20)8-22-13-19-11-4-2-1-3-10(11)7-21-13/h1-6H,7-9H2. The fraction of sp³-hybridized carbons (Fsp3) is 0.286. The molecule has 3 nitrogen and oxygen atoms in total. The van der Waals surface area contributed by atoms with Crippen molar-refractivity contribution in [1.29, 1.82) is 0 Å². The van der Waals surface area contributed by atoms with Gasteiger partial charge in [0.15, 0.2) is 0 Å². The quantitative estimate of drug-likeness (QED) is 0.815. The molecule has 0 N–H and O–H groups in total. The van der Waals surface area contributed by atoms with Crippen LogP contribution in [0, 0.1) is 0 Å². The monoisotopic (exact) mass is 343 g/mol. The lowest BCUT2D eigenvalue weighted by Gasteiger charge is -2.14. The van der Waals surface area contributed by atoms with Gasteiger partial charge in [-0.05, 0) is 11.6 Å². The molecule has 116 valence electrons. The van der Waals surface area contributed by atoms with Crippen molar-refractivity contribution < 1.29 is 13.2 Å². The van der Waals surface area contributed by atoms with Gasteiger partial charge in [-0.2, -0.15) is 13.2 Å². The molecule has 1 aliphatic heterocycles. The second-order valence-corrected chi connectivity index (χ2v) is 6.86. The van der Waals surface area contributed by atoms with Gasteiger partial charge in [0.25, 0.3) is 0 Å². The Morgan fingerprint density at radius 1 is 1.27 bits per heavy atom. The molecule has 0 unspecified atom stereocenters. The van der Waals surface area contributed by atoms with Gasteiger partial charge < -0.3 is 4.57 Å². The van der Waals surface area contributed by atoms with Gasteiger partial charge in [0.05, 0.1) is 11.4 Å². The first-order valence-electron chi connectivity index (χ1n) is 6.50. The molecule has 22 heavy (non-hydrogen) atoms. The Labute approximate surface area is 134 Å². The van der Waals surface area contributed by atoms with Crippen LogP contribution in [0.3, 0.4) is 0 Å². The van der Waals surface area contributed by atoms with Crippen LogP contribution in [0.1, 0.15) is 11.4 Å². The van der Waals surface area contributed by atoms with Gasteiger partial charge >= 0.3 is 6.18 Å². The molecule has 2 aromatic rings. The molecular weight excluding hydrogens is 331 g/mol. The van der Waals surface area contributed by atoms with Gasteiger partial charge in [-0.15, -0.1) is 0 Å². The molecule has 0 spiro atoms. The fourth-order valence-electron chi connectivity index (χ4n) is 2.03. The molecule has 3 rings (SSSR count). The average Bonchev–Trinajstić information content (AvgIpc) is 2.90. The zero-order chi connectivity index (χ0) is 15.6. The summed E-state index contributed by atoms with van der Waals surface area (Å²) in [7, 11) is 0. The molecule has 8 heteroatoms. The van der Waals surface area contributed by atoms with Gasteiger partial charge in [0.2, 0.25) is 0 Å². The maximum absolute atomic E-state index is 12.5. The van der Waals surface area contributed by atoms with E-state index < -0.39 is 12.7 Å². The highest BCUT2D eigenvalue weighted by Gasteiger charge is 2.28. The van der Waals surface area contributed by atoms with Gasteiger partial charge in [0, 0.05) is 18.1 Å².